The van der Waals surface area contributed by atoms with Crippen molar-refractivity contribution in [2.45, 2.75) is 58.1 Å². The van der Waals surface area contributed by atoms with Crippen LogP contribution < -0.4 is 5.32 Å². The van der Waals surface area contributed by atoms with Crippen molar-refractivity contribution in [3.63, 3.8) is 0 Å². The van der Waals surface area contributed by atoms with Crippen LogP contribution >= 0.6 is 0 Å². The molecule has 1 aliphatic heterocycles. The van der Waals surface area contributed by atoms with E-state index in [1.165, 1.54) is 0 Å². The van der Waals surface area contributed by atoms with Gasteiger partial charge in [0.25, 0.3) is 0 Å². The Labute approximate surface area is 139 Å². The van der Waals surface area contributed by atoms with Crippen molar-refractivity contribution in [2.24, 2.45) is 5.92 Å². The molecule has 0 aromatic carbocycles. The Morgan fingerprint density at radius 3 is 2.48 bits per heavy atom. The minimum atomic E-state index is -2.82. The molecule has 2 fully saturated rings. The van der Waals surface area contributed by atoms with Gasteiger partial charge in [0, 0.05) is 25.7 Å². The predicted molar refractivity (Wildman–Crippen MR) is 90.2 cm³/mol. The molecule has 0 spiro atoms. The Kier molecular flexibility index (Phi) is 5.94. The van der Waals surface area contributed by atoms with Crippen LogP contribution in [0.2, 0.25) is 0 Å². The van der Waals surface area contributed by atoms with Gasteiger partial charge >= 0.3 is 6.09 Å². The van der Waals surface area contributed by atoms with Crippen LogP contribution in [0, 0.1) is 5.92 Å². The van der Waals surface area contributed by atoms with Gasteiger partial charge in [-0.2, -0.15) is 0 Å². The smallest absolute Gasteiger partial charge is 0.407 e. The van der Waals surface area contributed by atoms with E-state index in [9.17, 15) is 13.2 Å². The highest BCUT2D eigenvalue weighted by atomic mass is 32.2. The van der Waals surface area contributed by atoms with E-state index in [1.807, 2.05) is 20.8 Å². The fourth-order valence-electron chi connectivity index (χ4n) is 3.36. The van der Waals surface area contributed by atoms with E-state index in [-0.39, 0.29) is 23.6 Å². The van der Waals surface area contributed by atoms with Gasteiger partial charge in [0.15, 0.2) is 9.84 Å². The molecule has 0 aromatic heterocycles. The number of carbonyl (C=O) groups excluding carboxylic acids is 1. The Morgan fingerprint density at radius 2 is 1.87 bits per heavy atom. The van der Waals surface area contributed by atoms with E-state index in [2.05, 4.69) is 10.2 Å². The highest BCUT2D eigenvalue weighted by Gasteiger charge is 2.28. The summed E-state index contributed by atoms with van der Waals surface area (Å²) in [4.78, 5) is 14.1. The lowest BCUT2D eigenvalue weighted by molar-refractivity contribution is 0.0480. The summed E-state index contributed by atoms with van der Waals surface area (Å²) >= 11 is 0. The lowest BCUT2D eigenvalue weighted by Crippen LogP contribution is -2.46. The molecule has 0 bridgehead atoms. The van der Waals surface area contributed by atoms with Crippen molar-refractivity contribution in [1.82, 2.24) is 10.2 Å². The summed E-state index contributed by atoms with van der Waals surface area (Å²) in [5, 5.41) is 2.98. The van der Waals surface area contributed by atoms with E-state index < -0.39 is 15.4 Å². The molecule has 6 nitrogen and oxygen atoms in total. The van der Waals surface area contributed by atoms with Crippen LogP contribution in [0.5, 0.6) is 0 Å². The van der Waals surface area contributed by atoms with Crippen LogP contribution in [0.3, 0.4) is 0 Å². The van der Waals surface area contributed by atoms with E-state index in [0.717, 1.165) is 32.2 Å². The monoisotopic (exact) mass is 346 g/mol. The molecule has 0 aromatic rings. The molecular formula is C16H30N2O4S. The maximum Gasteiger partial charge on any atom is 0.407 e. The Hall–Kier alpha value is -0.820. The van der Waals surface area contributed by atoms with Crippen molar-refractivity contribution in [1.29, 1.82) is 0 Å². The molecule has 1 saturated heterocycles. The lowest BCUT2D eigenvalue weighted by atomic mass is 9.85. The first kappa shape index (κ1) is 18.5. The first-order valence-corrected chi connectivity index (χ1v) is 10.4. The van der Waals surface area contributed by atoms with E-state index >= 15 is 0 Å². The summed E-state index contributed by atoms with van der Waals surface area (Å²) in [7, 11) is -2.82. The molecule has 2 atom stereocenters. The van der Waals surface area contributed by atoms with Crippen molar-refractivity contribution >= 4 is 15.9 Å². The molecule has 7 heteroatoms. The summed E-state index contributed by atoms with van der Waals surface area (Å²) in [6, 6.07) is 0.164. The van der Waals surface area contributed by atoms with Gasteiger partial charge in [-0.15, -0.1) is 0 Å². The third-order valence-electron chi connectivity index (χ3n) is 4.46. The minimum absolute atomic E-state index is 0.164. The molecule has 1 aliphatic carbocycles. The minimum Gasteiger partial charge on any atom is -0.444 e. The van der Waals surface area contributed by atoms with Crippen molar-refractivity contribution in [3.05, 3.63) is 0 Å². The summed E-state index contributed by atoms with van der Waals surface area (Å²) in [6.07, 6.45) is 3.84. The van der Waals surface area contributed by atoms with Gasteiger partial charge in [-0.3, -0.25) is 0 Å². The number of nitrogens with one attached hydrogen (secondary N) is 1. The standard InChI is InChI=1S/C16H30N2O4S/c1-16(2,3)22-15(19)17-14-6-4-5-13(11-14)12-18-7-9-23(20,21)10-8-18/h13-14H,4-12H2,1-3H3,(H,17,19). The molecule has 0 radical (unpaired) electrons. The summed E-state index contributed by atoms with van der Waals surface area (Å²) < 4.78 is 28.3. The van der Waals surface area contributed by atoms with Crippen LogP contribution in [0.4, 0.5) is 4.79 Å². The van der Waals surface area contributed by atoms with Gasteiger partial charge in [0.05, 0.1) is 11.5 Å². The maximum absolute atomic E-state index is 11.9. The van der Waals surface area contributed by atoms with Crippen LogP contribution in [0.15, 0.2) is 0 Å². The van der Waals surface area contributed by atoms with Crippen LogP contribution in [0.25, 0.3) is 0 Å². The average molecular weight is 346 g/mol. The van der Waals surface area contributed by atoms with Crippen molar-refractivity contribution < 1.29 is 17.9 Å². The van der Waals surface area contributed by atoms with Crippen LogP contribution in [0.1, 0.15) is 46.5 Å². The Balaban J connectivity index is 1.76. The van der Waals surface area contributed by atoms with E-state index in [1.54, 1.807) is 0 Å². The summed E-state index contributed by atoms with van der Waals surface area (Å²) in [5.41, 5.74) is -0.475. The molecular weight excluding hydrogens is 316 g/mol. The van der Waals surface area contributed by atoms with Gasteiger partial charge in [0.1, 0.15) is 5.60 Å². The molecule has 2 rings (SSSR count). The Bertz CT molecular complexity index is 499. The fourth-order valence-corrected chi connectivity index (χ4v) is 4.64. The lowest BCUT2D eigenvalue weighted by Gasteiger charge is -2.35. The molecule has 2 unspecified atom stereocenters. The highest BCUT2D eigenvalue weighted by Crippen LogP contribution is 2.26. The van der Waals surface area contributed by atoms with E-state index in [4.69, 9.17) is 4.74 Å². The topological polar surface area (TPSA) is 75.7 Å². The van der Waals surface area contributed by atoms with E-state index in [0.29, 0.717) is 19.0 Å². The molecule has 2 aliphatic rings. The number of sulfone groups is 1. The Morgan fingerprint density at radius 1 is 1.22 bits per heavy atom. The molecule has 1 amide bonds. The quantitative estimate of drug-likeness (QED) is 0.843. The number of alkyl carbamates (subject to hydrolysis) is 1. The number of nitrogens with zero attached hydrogens (tertiary/aromatic N) is 1. The SMILES string of the molecule is CC(C)(C)OC(=O)NC1CCCC(CN2CCS(=O)(=O)CC2)C1. The van der Waals surface area contributed by atoms with Crippen LogP contribution in [-0.4, -0.2) is 62.2 Å². The molecule has 1 heterocycles. The third kappa shape index (κ3) is 6.67. The fraction of sp³-hybridized carbons (Fsp3) is 0.938. The van der Waals surface area contributed by atoms with Gasteiger partial charge in [-0.05, 0) is 46.0 Å². The number of amides is 1. The summed E-state index contributed by atoms with van der Waals surface area (Å²) in [6.45, 7) is 7.80. The zero-order valence-electron chi connectivity index (χ0n) is 14.5. The van der Waals surface area contributed by atoms with Gasteiger partial charge in [-0.1, -0.05) is 6.42 Å². The van der Waals surface area contributed by atoms with Gasteiger partial charge in [0.2, 0.25) is 0 Å². The molecule has 1 N–H and O–H groups in total. The molecule has 134 valence electrons. The maximum atomic E-state index is 11.9. The van der Waals surface area contributed by atoms with Gasteiger partial charge < -0.3 is 15.0 Å². The summed E-state index contributed by atoms with van der Waals surface area (Å²) in [5.74, 6) is 1.07. The first-order valence-electron chi connectivity index (χ1n) is 8.55. The van der Waals surface area contributed by atoms with Crippen molar-refractivity contribution in [2.75, 3.05) is 31.1 Å². The van der Waals surface area contributed by atoms with Gasteiger partial charge in [-0.25, -0.2) is 13.2 Å². The zero-order chi connectivity index (χ0) is 17.1. The normalized spacial score (nSPS) is 29.0. The number of ether oxygens (including phenoxy) is 1. The molecule has 23 heavy (non-hydrogen) atoms. The number of rotatable bonds is 3. The second kappa shape index (κ2) is 7.38. The van der Waals surface area contributed by atoms with Crippen LogP contribution in [-0.2, 0) is 14.6 Å². The predicted octanol–water partition coefficient (Wildman–Crippen LogP) is 1.80. The van der Waals surface area contributed by atoms with Crippen molar-refractivity contribution in [3.8, 4) is 0 Å². The average Bonchev–Trinajstić information content (AvgIpc) is 2.39. The number of carbonyl (C=O) groups is 1. The number of hydrogen-bond acceptors (Lipinski definition) is 5. The second-order valence-electron chi connectivity index (χ2n) is 7.83. The number of hydrogen-bond donors (Lipinski definition) is 1. The zero-order valence-corrected chi connectivity index (χ0v) is 15.3. The first-order chi connectivity index (χ1) is 10.6. The second-order valence-corrected chi connectivity index (χ2v) is 10.1. The largest absolute Gasteiger partial charge is 0.444 e. The third-order valence-corrected chi connectivity index (χ3v) is 6.07. The highest BCUT2D eigenvalue weighted by molar-refractivity contribution is 7.91. The molecule has 1 saturated carbocycles.